The van der Waals surface area contributed by atoms with Gasteiger partial charge in [-0.2, -0.15) is 0 Å². The number of ether oxygens (including phenoxy) is 1. The number of benzene rings is 1. The quantitative estimate of drug-likeness (QED) is 0.873. The Morgan fingerprint density at radius 1 is 1.43 bits per heavy atom. The zero-order valence-electron chi connectivity index (χ0n) is 12.7. The molecule has 1 aromatic rings. The van der Waals surface area contributed by atoms with Crippen molar-refractivity contribution in [1.82, 2.24) is 10.6 Å². The minimum absolute atomic E-state index is 0.157. The largest absolute Gasteiger partial charge is 0.496 e. The van der Waals surface area contributed by atoms with Crippen molar-refractivity contribution in [2.24, 2.45) is 5.92 Å². The van der Waals surface area contributed by atoms with Crippen molar-refractivity contribution in [3.63, 3.8) is 0 Å². The van der Waals surface area contributed by atoms with Gasteiger partial charge in [0.15, 0.2) is 0 Å². The van der Waals surface area contributed by atoms with Gasteiger partial charge < -0.3 is 15.4 Å². The van der Waals surface area contributed by atoms with Gasteiger partial charge in [-0.05, 0) is 61.9 Å². The molecular formula is C17H24N2O2. The third-order valence-corrected chi connectivity index (χ3v) is 4.72. The van der Waals surface area contributed by atoms with Crippen LogP contribution in [0, 0.1) is 5.92 Å². The van der Waals surface area contributed by atoms with E-state index in [4.69, 9.17) is 4.74 Å². The van der Waals surface area contributed by atoms with Gasteiger partial charge in [0.05, 0.1) is 13.2 Å². The number of fused-ring (bicyclic) bond motifs is 1. The number of methoxy groups -OCH3 is 1. The Morgan fingerprint density at radius 2 is 2.33 bits per heavy atom. The van der Waals surface area contributed by atoms with Crippen molar-refractivity contribution in [3.8, 4) is 5.75 Å². The van der Waals surface area contributed by atoms with Crippen molar-refractivity contribution in [1.29, 1.82) is 0 Å². The number of hydrogen-bond acceptors (Lipinski definition) is 3. The summed E-state index contributed by atoms with van der Waals surface area (Å²) in [6, 6.07) is 6.27. The number of hydrogen-bond donors (Lipinski definition) is 2. The topological polar surface area (TPSA) is 50.4 Å². The average molecular weight is 288 g/mol. The van der Waals surface area contributed by atoms with Gasteiger partial charge in [-0.15, -0.1) is 0 Å². The molecule has 1 amide bonds. The first-order valence-corrected chi connectivity index (χ1v) is 7.94. The fourth-order valence-electron chi connectivity index (χ4n) is 3.52. The summed E-state index contributed by atoms with van der Waals surface area (Å²) >= 11 is 0. The molecule has 0 saturated carbocycles. The monoisotopic (exact) mass is 288 g/mol. The number of amides is 1. The van der Waals surface area contributed by atoms with Gasteiger partial charge in [0.25, 0.3) is 0 Å². The highest BCUT2D eigenvalue weighted by atomic mass is 16.5. The Bertz CT molecular complexity index is 510. The lowest BCUT2D eigenvalue weighted by Gasteiger charge is -2.15. The van der Waals surface area contributed by atoms with Crippen LogP contribution >= 0.6 is 0 Å². The molecule has 1 fully saturated rings. The second-order valence-corrected chi connectivity index (χ2v) is 6.08. The zero-order valence-corrected chi connectivity index (χ0v) is 12.7. The number of nitrogens with one attached hydrogen (secondary N) is 2. The average Bonchev–Trinajstić information content (AvgIpc) is 3.15. The highest BCUT2D eigenvalue weighted by Gasteiger charge is 2.26. The number of rotatable bonds is 5. The van der Waals surface area contributed by atoms with Crippen LogP contribution < -0.4 is 15.4 Å². The predicted octanol–water partition coefficient (Wildman–Crippen LogP) is 2.19. The predicted molar refractivity (Wildman–Crippen MR) is 82.4 cm³/mol. The smallest absolute Gasteiger partial charge is 0.220 e. The highest BCUT2D eigenvalue weighted by Crippen LogP contribution is 2.36. The molecule has 2 atom stereocenters. The zero-order chi connectivity index (χ0) is 14.7. The molecule has 0 aromatic heterocycles. The van der Waals surface area contributed by atoms with E-state index in [2.05, 4.69) is 16.7 Å². The highest BCUT2D eigenvalue weighted by molar-refractivity contribution is 5.76. The fraction of sp³-hybridized carbons (Fsp3) is 0.588. The van der Waals surface area contributed by atoms with E-state index < -0.39 is 0 Å². The number of carbonyl (C=O) groups is 1. The summed E-state index contributed by atoms with van der Waals surface area (Å²) in [5, 5.41) is 6.54. The Morgan fingerprint density at radius 3 is 3.10 bits per heavy atom. The standard InChI is InChI=1S/C17H24N2O2/c1-21-16-4-2-3-13-14(16)6-7-15(13)19-17(20)8-5-12-9-10-18-11-12/h2-4,12,15,18H,5-11H2,1H3,(H,19,20). The molecular weight excluding hydrogens is 264 g/mol. The van der Waals surface area contributed by atoms with E-state index in [1.54, 1.807) is 7.11 Å². The Hall–Kier alpha value is -1.55. The van der Waals surface area contributed by atoms with Gasteiger partial charge in [0.1, 0.15) is 5.75 Å². The summed E-state index contributed by atoms with van der Waals surface area (Å²) in [5.41, 5.74) is 2.48. The lowest BCUT2D eigenvalue weighted by atomic mass is 10.0. The molecule has 4 heteroatoms. The second-order valence-electron chi connectivity index (χ2n) is 6.08. The molecule has 1 heterocycles. The van der Waals surface area contributed by atoms with Crippen LogP contribution in [0.15, 0.2) is 18.2 Å². The molecule has 1 aliphatic heterocycles. The van der Waals surface area contributed by atoms with Crippen LogP contribution in [0.3, 0.4) is 0 Å². The molecule has 0 radical (unpaired) electrons. The van der Waals surface area contributed by atoms with Gasteiger partial charge in [-0.1, -0.05) is 12.1 Å². The fourth-order valence-corrected chi connectivity index (χ4v) is 3.52. The first-order valence-electron chi connectivity index (χ1n) is 7.94. The minimum atomic E-state index is 0.157. The van der Waals surface area contributed by atoms with E-state index in [-0.39, 0.29) is 11.9 Å². The maximum Gasteiger partial charge on any atom is 0.220 e. The van der Waals surface area contributed by atoms with E-state index in [0.717, 1.165) is 38.1 Å². The molecule has 1 aromatic carbocycles. The lowest BCUT2D eigenvalue weighted by Crippen LogP contribution is -2.27. The van der Waals surface area contributed by atoms with E-state index >= 15 is 0 Å². The second kappa shape index (κ2) is 6.48. The summed E-state index contributed by atoms with van der Waals surface area (Å²) in [6.45, 7) is 2.17. The lowest BCUT2D eigenvalue weighted by molar-refractivity contribution is -0.122. The van der Waals surface area contributed by atoms with Crippen molar-refractivity contribution in [2.45, 2.75) is 38.1 Å². The molecule has 2 aliphatic rings. The first-order chi connectivity index (χ1) is 10.3. The third-order valence-electron chi connectivity index (χ3n) is 4.72. The molecule has 1 aliphatic carbocycles. The van der Waals surface area contributed by atoms with Gasteiger partial charge >= 0.3 is 0 Å². The van der Waals surface area contributed by atoms with E-state index in [0.29, 0.717) is 12.3 Å². The van der Waals surface area contributed by atoms with Gasteiger partial charge in [0, 0.05) is 6.42 Å². The van der Waals surface area contributed by atoms with Crippen molar-refractivity contribution >= 4 is 5.91 Å². The molecule has 1 saturated heterocycles. The summed E-state index contributed by atoms with van der Waals surface area (Å²) in [5.74, 6) is 1.80. The number of carbonyl (C=O) groups excluding carboxylic acids is 1. The Labute approximate surface area is 126 Å². The van der Waals surface area contributed by atoms with Gasteiger partial charge in [0.2, 0.25) is 5.91 Å². The summed E-state index contributed by atoms with van der Waals surface area (Å²) in [6.07, 6.45) is 4.80. The van der Waals surface area contributed by atoms with Gasteiger partial charge in [-0.25, -0.2) is 0 Å². The molecule has 0 bridgehead atoms. The van der Waals surface area contributed by atoms with Crippen molar-refractivity contribution in [3.05, 3.63) is 29.3 Å². The Balaban J connectivity index is 1.56. The van der Waals surface area contributed by atoms with Crippen LogP contribution in [-0.2, 0) is 11.2 Å². The van der Waals surface area contributed by atoms with Crippen molar-refractivity contribution in [2.75, 3.05) is 20.2 Å². The molecule has 3 rings (SSSR count). The SMILES string of the molecule is COc1cccc2c1CCC2NC(=O)CCC1CCNC1. The molecule has 0 spiro atoms. The summed E-state index contributed by atoms with van der Waals surface area (Å²) in [7, 11) is 1.71. The molecule has 21 heavy (non-hydrogen) atoms. The molecule has 2 N–H and O–H groups in total. The van der Waals surface area contributed by atoms with E-state index in [9.17, 15) is 4.79 Å². The van der Waals surface area contributed by atoms with E-state index in [1.807, 2.05) is 12.1 Å². The summed E-state index contributed by atoms with van der Waals surface area (Å²) < 4.78 is 5.41. The maximum atomic E-state index is 12.2. The normalized spacial score (nSPS) is 23.9. The molecule has 2 unspecified atom stereocenters. The first kappa shape index (κ1) is 14.4. The molecule has 4 nitrogen and oxygen atoms in total. The maximum absolute atomic E-state index is 12.2. The van der Waals surface area contributed by atoms with Crippen LogP contribution in [0.5, 0.6) is 5.75 Å². The van der Waals surface area contributed by atoms with Crippen LogP contribution in [0.2, 0.25) is 0 Å². The van der Waals surface area contributed by atoms with E-state index in [1.165, 1.54) is 17.5 Å². The van der Waals surface area contributed by atoms with Crippen molar-refractivity contribution < 1.29 is 9.53 Å². The van der Waals surface area contributed by atoms with Crippen LogP contribution in [0.1, 0.15) is 42.9 Å². The third kappa shape index (κ3) is 3.21. The summed E-state index contributed by atoms with van der Waals surface area (Å²) in [4.78, 5) is 12.2. The van der Waals surface area contributed by atoms with Crippen LogP contribution in [-0.4, -0.2) is 26.1 Å². The van der Waals surface area contributed by atoms with Crippen LogP contribution in [0.25, 0.3) is 0 Å². The van der Waals surface area contributed by atoms with Gasteiger partial charge in [-0.3, -0.25) is 4.79 Å². The minimum Gasteiger partial charge on any atom is -0.496 e. The Kier molecular flexibility index (Phi) is 4.44. The molecule has 114 valence electrons. The van der Waals surface area contributed by atoms with Crippen LogP contribution in [0.4, 0.5) is 0 Å².